The van der Waals surface area contributed by atoms with Crippen LogP contribution in [-0.2, 0) is 19.2 Å². The second-order valence-corrected chi connectivity index (χ2v) is 12.0. The normalized spacial score (nSPS) is 33.0. The highest BCUT2D eigenvalue weighted by Crippen LogP contribution is 2.66. The molecule has 2 aliphatic heterocycles. The number of alkyl halides is 2. The number of hydrogen-bond acceptors (Lipinski definition) is 6. The van der Waals surface area contributed by atoms with Gasteiger partial charge in [0, 0.05) is 16.5 Å². The number of urea groups is 1. The average molecular weight is 607 g/mol. The first-order valence-corrected chi connectivity index (χ1v) is 13.3. The molecule has 0 bridgehead atoms. The molecule has 6 rings (SSSR count). The molecule has 2 heterocycles. The second kappa shape index (κ2) is 8.76. The number of halogens is 4. The van der Waals surface area contributed by atoms with Crippen molar-refractivity contribution < 1.29 is 33.5 Å². The lowest BCUT2D eigenvalue weighted by Gasteiger charge is -2.50. The zero-order valence-electron chi connectivity index (χ0n) is 20.3. The van der Waals surface area contributed by atoms with Gasteiger partial charge in [-0.1, -0.05) is 23.3 Å². The van der Waals surface area contributed by atoms with Crippen molar-refractivity contribution in [1.82, 2.24) is 4.90 Å². The monoisotopic (exact) mass is 605 g/mol. The third-order valence-corrected chi connectivity index (χ3v) is 10.1. The van der Waals surface area contributed by atoms with E-state index >= 15 is 0 Å². The molecule has 3 N–H and O–H groups in total. The molecule has 3 fully saturated rings. The zero-order valence-corrected chi connectivity index (χ0v) is 22.6. The number of aromatic hydroxyl groups is 1. The first-order chi connectivity index (χ1) is 18.8. The van der Waals surface area contributed by atoms with Gasteiger partial charge in [-0.05, 0) is 61.2 Å². The Balaban J connectivity index is 1.59. The average Bonchev–Trinajstić information content (AvgIpc) is 3.24. The molecule has 2 saturated heterocycles. The van der Waals surface area contributed by atoms with Crippen LogP contribution in [-0.4, -0.2) is 49.4 Å². The standard InChI is InChI=1S/C27H19Cl3FN3O6/c28-11-1-8-18(35)16(9-11)20-14-6-7-15-19(22(37)34(21(15)36)25(32)40)17(14)10-26(29)23(38)33(24(39)27(20,26)30)13-4-2-12(31)3-5-13/h1-6,8-9,15,17,19-20,35H,7,10H2,(H2,32,40). The molecular formula is C27H19Cl3FN3O6. The number of hydrogen-bond donors (Lipinski definition) is 2. The quantitative estimate of drug-likeness (QED) is 0.303. The summed E-state index contributed by atoms with van der Waals surface area (Å²) >= 11 is 20.6. The minimum Gasteiger partial charge on any atom is -0.508 e. The van der Waals surface area contributed by atoms with Gasteiger partial charge < -0.3 is 10.8 Å². The van der Waals surface area contributed by atoms with Gasteiger partial charge in [-0.3, -0.25) is 19.2 Å². The number of carbonyl (C=O) groups excluding carboxylic acids is 5. The van der Waals surface area contributed by atoms with E-state index in [1.807, 2.05) is 0 Å². The molecule has 2 aromatic carbocycles. The van der Waals surface area contributed by atoms with Gasteiger partial charge in [0.1, 0.15) is 11.6 Å². The number of nitrogens with zero attached hydrogens (tertiary/aromatic N) is 2. The van der Waals surface area contributed by atoms with Crippen LogP contribution in [0.25, 0.3) is 0 Å². The Bertz CT molecular complexity index is 1580. The van der Waals surface area contributed by atoms with E-state index in [1.165, 1.54) is 30.3 Å². The summed E-state index contributed by atoms with van der Waals surface area (Å²) in [5.41, 5.74) is 5.80. The molecule has 13 heteroatoms. The van der Waals surface area contributed by atoms with Crippen molar-refractivity contribution in [3.63, 3.8) is 0 Å². The smallest absolute Gasteiger partial charge is 0.328 e. The molecule has 206 valence electrons. The molecule has 9 nitrogen and oxygen atoms in total. The van der Waals surface area contributed by atoms with Crippen molar-refractivity contribution in [2.45, 2.75) is 28.5 Å². The van der Waals surface area contributed by atoms with Crippen molar-refractivity contribution in [2.24, 2.45) is 23.5 Å². The highest BCUT2D eigenvalue weighted by atomic mass is 35.5. The van der Waals surface area contributed by atoms with Crippen molar-refractivity contribution in [3.05, 3.63) is 70.5 Å². The second-order valence-electron chi connectivity index (χ2n) is 10.3. The topological polar surface area (TPSA) is 138 Å². The van der Waals surface area contributed by atoms with E-state index in [9.17, 15) is 33.5 Å². The van der Waals surface area contributed by atoms with E-state index in [2.05, 4.69) is 0 Å². The van der Waals surface area contributed by atoms with Gasteiger partial charge in [-0.2, -0.15) is 4.90 Å². The maximum atomic E-state index is 14.2. The molecule has 6 unspecified atom stereocenters. The fraction of sp³-hybridized carbons (Fsp3) is 0.296. The highest BCUT2D eigenvalue weighted by Gasteiger charge is 2.77. The summed E-state index contributed by atoms with van der Waals surface area (Å²) in [5.74, 6) is -8.64. The summed E-state index contributed by atoms with van der Waals surface area (Å²) in [6.07, 6.45) is 1.29. The van der Waals surface area contributed by atoms with Gasteiger partial charge in [-0.15, -0.1) is 23.2 Å². The number of carbonyl (C=O) groups is 5. The molecule has 1 saturated carbocycles. The van der Waals surface area contributed by atoms with Crippen LogP contribution in [0.2, 0.25) is 5.02 Å². The van der Waals surface area contributed by atoms with Gasteiger partial charge in [-0.25, -0.2) is 14.1 Å². The van der Waals surface area contributed by atoms with Crippen LogP contribution in [0.3, 0.4) is 0 Å². The summed E-state index contributed by atoms with van der Waals surface area (Å²) in [6.45, 7) is 0. The number of fused-ring (bicyclic) bond motifs is 4. The van der Waals surface area contributed by atoms with E-state index in [4.69, 9.17) is 40.5 Å². The molecular weight excluding hydrogens is 588 g/mol. The highest BCUT2D eigenvalue weighted by molar-refractivity contribution is 6.58. The van der Waals surface area contributed by atoms with Crippen LogP contribution in [0.5, 0.6) is 5.75 Å². The van der Waals surface area contributed by atoms with Gasteiger partial charge in [0.15, 0.2) is 9.75 Å². The summed E-state index contributed by atoms with van der Waals surface area (Å²) < 4.78 is 13.7. The van der Waals surface area contributed by atoms with Crippen molar-refractivity contribution >= 4 is 70.2 Å². The van der Waals surface area contributed by atoms with Gasteiger partial charge in [0.2, 0.25) is 11.8 Å². The number of nitrogens with two attached hydrogens (primary N) is 1. The Morgan fingerprint density at radius 2 is 1.68 bits per heavy atom. The van der Waals surface area contributed by atoms with Crippen LogP contribution < -0.4 is 10.6 Å². The third-order valence-electron chi connectivity index (χ3n) is 8.42. The molecule has 6 amide bonds. The number of benzene rings is 2. The van der Waals surface area contributed by atoms with E-state index < -0.39 is 68.9 Å². The van der Waals surface area contributed by atoms with E-state index in [0.29, 0.717) is 10.5 Å². The van der Waals surface area contributed by atoms with Crippen molar-refractivity contribution in [3.8, 4) is 5.75 Å². The SMILES string of the molecule is NC(=O)N1C(=O)C2CC=C3C(CC4(Cl)C(=O)N(c5ccc(F)cc5)C(=O)C4(Cl)C3c3cc(Cl)ccc3O)C2C1=O. The number of likely N-dealkylation sites (tertiary alicyclic amines) is 1. The molecule has 0 aromatic heterocycles. The lowest BCUT2D eigenvalue weighted by Crippen LogP contribution is -2.60. The molecule has 40 heavy (non-hydrogen) atoms. The number of anilines is 1. The Kier molecular flexibility index (Phi) is 5.86. The van der Waals surface area contributed by atoms with Gasteiger partial charge >= 0.3 is 6.03 Å². The number of imide groups is 4. The largest absolute Gasteiger partial charge is 0.508 e. The number of phenols is 1. The Labute approximate surface area is 241 Å². The Morgan fingerprint density at radius 1 is 1.00 bits per heavy atom. The van der Waals surface area contributed by atoms with Crippen LogP contribution >= 0.6 is 34.8 Å². The summed E-state index contributed by atoms with van der Waals surface area (Å²) in [6, 6.07) is 7.43. The van der Waals surface area contributed by atoms with Crippen LogP contribution in [0.15, 0.2) is 54.1 Å². The van der Waals surface area contributed by atoms with E-state index in [1.54, 1.807) is 6.08 Å². The predicted molar refractivity (Wildman–Crippen MR) is 141 cm³/mol. The number of rotatable bonds is 2. The maximum absolute atomic E-state index is 14.2. The van der Waals surface area contributed by atoms with E-state index in [0.717, 1.165) is 17.0 Å². The minimum absolute atomic E-state index is 0.00868. The fourth-order valence-corrected chi connectivity index (χ4v) is 7.83. The molecule has 0 spiro atoms. The van der Waals surface area contributed by atoms with Crippen LogP contribution in [0, 0.1) is 23.6 Å². The van der Waals surface area contributed by atoms with Crippen LogP contribution in [0.1, 0.15) is 24.3 Å². The minimum atomic E-state index is -2.23. The number of primary amides is 1. The number of allylic oxidation sites excluding steroid dienone is 2. The molecule has 6 atom stereocenters. The summed E-state index contributed by atoms with van der Waals surface area (Å²) in [4.78, 5) is 63.2. The molecule has 2 aliphatic carbocycles. The third kappa shape index (κ3) is 3.30. The first kappa shape index (κ1) is 26.7. The number of phenolic OH excluding ortho intramolecular Hbond substituents is 1. The first-order valence-electron chi connectivity index (χ1n) is 12.2. The molecule has 4 aliphatic rings. The van der Waals surface area contributed by atoms with Crippen molar-refractivity contribution in [2.75, 3.05) is 4.90 Å². The lowest BCUT2D eigenvalue weighted by molar-refractivity contribution is -0.136. The maximum Gasteiger partial charge on any atom is 0.328 e. The predicted octanol–water partition coefficient (Wildman–Crippen LogP) is 3.83. The summed E-state index contributed by atoms with van der Waals surface area (Å²) in [5, 5.41) is 11.1. The van der Waals surface area contributed by atoms with Gasteiger partial charge in [0.05, 0.1) is 17.5 Å². The zero-order chi connectivity index (χ0) is 28.9. The molecule has 2 aromatic rings. The molecule has 0 radical (unpaired) electrons. The van der Waals surface area contributed by atoms with Crippen molar-refractivity contribution in [1.29, 1.82) is 0 Å². The fourth-order valence-electron chi connectivity index (χ4n) is 6.72. The lowest BCUT2D eigenvalue weighted by atomic mass is 9.56. The number of amides is 6. The van der Waals surface area contributed by atoms with Gasteiger partial charge in [0.25, 0.3) is 11.8 Å². The Morgan fingerprint density at radius 3 is 2.33 bits per heavy atom. The Hall–Kier alpha value is -3.47. The summed E-state index contributed by atoms with van der Waals surface area (Å²) in [7, 11) is 0. The van der Waals surface area contributed by atoms with E-state index in [-0.39, 0.29) is 34.9 Å². The van der Waals surface area contributed by atoms with Crippen LogP contribution in [0.4, 0.5) is 14.9 Å².